The molecule has 0 N–H and O–H groups in total. The fourth-order valence-electron chi connectivity index (χ4n) is 9.96. The normalized spacial score (nSPS) is 19.0. The molecule has 1 atom stereocenters. The number of benzene rings is 4. The van der Waals surface area contributed by atoms with Crippen LogP contribution in [0.15, 0.2) is 59.7 Å². The summed E-state index contributed by atoms with van der Waals surface area (Å²) < 4.78 is 15.8. The van der Waals surface area contributed by atoms with Gasteiger partial charge in [0, 0.05) is 34.2 Å². The molecule has 296 valence electrons. The van der Waals surface area contributed by atoms with Crippen LogP contribution in [0.1, 0.15) is 124 Å². The van der Waals surface area contributed by atoms with Gasteiger partial charge in [-0.15, -0.1) is 23.1 Å². The van der Waals surface area contributed by atoms with Gasteiger partial charge in [0.15, 0.2) is 0 Å². The van der Waals surface area contributed by atoms with E-state index in [1.165, 1.54) is 82.0 Å². The molecule has 1 saturated carbocycles. The molecule has 6 aromatic rings. The molecule has 0 amide bonds. The van der Waals surface area contributed by atoms with Gasteiger partial charge in [-0.25, -0.2) is 4.98 Å². The fourth-order valence-corrected chi connectivity index (χ4v) is 9.96. The molecule has 6 heteroatoms. The van der Waals surface area contributed by atoms with Crippen LogP contribution in [-0.2, 0) is 36.6 Å². The Bertz CT molecular complexity index is 2610. The first-order valence-electron chi connectivity index (χ1n) is 20.6. The monoisotopic (exact) mass is 936 g/mol. The Balaban J connectivity index is 0.00000455. The number of hydrogen-bond donors (Lipinski definition) is 0. The molecule has 2 aliphatic heterocycles. The molecule has 4 heterocycles. The van der Waals surface area contributed by atoms with Gasteiger partial charge in [0.05, 0.1) is 5.54 Å². The smallest absolute Gasteiger partial charge is 0.518 e. The van der Waals surface area contributed by atoms with E-state index in [-0.39, 0.29) is 37.4 Å². The second-order valence-electron chi connectivity index (χ2n) is 19.0. The Morgan fingerprint density at radius 1 is 0.789 bits per heavy atom. The molecule has 0 spiro atoms. The molecule has 0 radical (unpaired) electrons. The van der Waals surface area contributed by atoms with E-state index < -0.39 is 0 Å². The first-order valence-corrected chi connectivity index (χ1v) is 20.6. The summed E-state index contributed by atoms with van der Waals surface area (Å²) in [7, 11) is 0. The molecule has 57 heavy (non-hydrogen) atoms. The Hall–Kier alpha value is -4.21. The van der Waals surface area contributed by atoms with Crippen molar-refractivity contribution in [2.24, 2.45) is 10.9 Å². The van der Waals surface area contributed by atoms with Crippen molar-refractivity contribution in [1.82, 2.24) is 9.55 Å². The van der Waals surface area contributed by atoms with E-state index in [1.807, 2.05) is 6.20 Å². The molecule has 9 rings (SSSR count). The fraction of sp³-hybridized carbons (Fsp3) is 0.412. The molecule has 4 aromatic carbocycles. The number of aromatic nitrogens is 2. The molecule has 1 aliphatic carbocycles. The van der Waals surface area contributed by atoms with E-state index in [4.69, 9.17) is 19.5 Å². The number of pyridine rings is 1. The van der Waals surface area contributed by atoms with E-state index in [9.17, 15) is 0 Å². The third-order valence-electron chi connectivity index (χ3n) is 13.1. The molecule has 3 aliphatic rings. The summed E-state index contributed by atoms with van der Waals surface area (Å²) >= 11 is 0. The van der Waals surface area contributed by atoms with Gasteiger partial charge in [-0.3, -0.25) is 4.99 Å². The van der Waals surface area contributed by atoms with Crippen LogP contribution >= 0.6 is 0 Å². The third kappa shape index (κ3) is 6.57. The van der Waals surface area contributed by atoms with Crippen LogP contribution < -0.4 is 4.74 Å². The third-order valence-corrected chi connectivity index (χ3v) is 13.1. The molecule has 0 unspecified atom stereocenters. The molecule has 0 bridgehead atoms. The van der Waals surface area contributed by atoms with Gasteiger partial charge in [-0.05, 0) is 104 Å². The van der Waals surface area contributed by atoms with Crippen molar-refractivity contribution in [3.05, 3.63) is 117 Å². The standard InChI is InChI=1S/C51H55N3O2.Pt/c1-29-17-32(4)45(33(5)18-29)34-21-35(48-53-51(11,28-55-48)36-15-13-12-14-16-36)23-38(22-34)56-44-26-43-39(20-31(44)3)40-24-37(49(6,7)8)25-41-46(40)54(43)47-42(50(41,9)10)19-30(2)27-52-47;/h17-22,24-25,27,36H,12-16,28H2,1-11H3;/q-2;+2/t51-;/m0./s1. The van der Waals surface area contributed by atoms with E-state index in [2.05, 4.69) is 141 Å². The van der Waals surface area contributed by atoms with Crippen LogP contribution in [0.4, 0.5) is 0 Å². The summed E-state index contributed by atoms with van der Waals surface area (Å²) in [6.07, 6.45) is 8.26. The Kier molecular flexibility index (Phi) is 9.71. The first kappa shape index (κ1) is 39.6. The van der Waals surface area contributed by atoms with Crippen LogP contribution in [0, 0.1) is 52.7 Å². The van der Waals surface area contributed by atoms with Gasteiger partial charge < -0.3 is 14.0 Å². The van der Waals surface area contributed by atoms with Crippen LogP contribution in [0.3, 0.4) is 0 Å². The molecule has 0 saturated heterocycles. The quantitative estimate of drug-likeness (QED) is 0.162. The maximum atomic E-state index is 6.97. The predicted octanol–water partition coefficient (Wildman–Crippen LogP) is 12.8. The maximum Gasteiger partial charge on any atom is 2.00 e. The summed E-state index contributed by atoms with van der Waals surface area (Å²) in [4.78, 5) is 10.4. The number of fused-ring (bicyclic) bond motifs is 5. The minimum atomic E-state index is -0.233. The number of rotatable bonds is 5. The van der Waals surface area contributed by atoms with Gasteiger partial charge in [-0.2, -0.15) is 6.07 Å². The Morgan fingerprint density at radius 2 is 1.51 bits per heavy atom. The van der Waals surface area contributed by atoms with Crippen molar-refractivity contribution >= 4 is 27.7 Å². The van der Waals surface area contributed by atoms with Crippen molar-refractivity contribution in [2.75, 3.05) is 6.61 Å². The average molecular weight is 937 g/mol. The number of aliphatic imine (C=N–C) groups is 1. The first-order chi connectivity index (χ1) is 26.5. The van der Waals surface area contributed by atoms with Gasteiger partial charge in [-0.1, -0.05) is 119 Å². The van der Waals surface area contributed by atoms with Gasteiger partial charge in [0.2, 0.25) is 0 Å². The number of nitrogens with zero attached hydrogens (tertiary/aromatic N) is 3. The predicted molar refractivity (Wildman–Crippen MR) is 230 cm³/mol. The summed E-state index contributed by atoms with van der Waals surface area (Å²) in [6, 6.07) is 25.7. The maximum absolute atomic E-state index is 6.97. The minimum Gasteiger partial charge on any atom is -0.518 e. The largest absolute Gasteiger partial charge is 2.00 e. The van der Waals surface area contributed by atoms with E-state index in [0.717, 1.165) is 39.0 Å². The second-order valence-corrected chi connectivity index (χ2v) is 19.0. The zero-order chi connectivity index (χ0) is 39.5. The van der Waals surface area contributed by atoms with Crippen LogP contribution in [0.5, 0.6) is 11.5 Å². The van der Waals surface area contributed by atoms with Gasteiger partial charge in [0.25, 0.3) is 0 Å². The molecule has 2 aromatic heterocycles. The molecule has 5 nitrogen and oxygen atoms in total. The number of aryl methyl sites for hydroxylation is 5. The number of hydrogen-bond acceptors (Lipinski definition) is 4. The zero-order valence-corrected chi connectivity index (χ0v) is 37.8. The van der Waals surface area contributed by atoms with E-state index >= 15 is 0 Å². The van der Waals surface area contributed by atoms with Crippen molar-refractivity contribution in [2.45, 2.75) is 125 Å². The molecular weight excluding hydrogens is 882 g/mol. The van der Waals surface area contributed by atoms with Crippen LogP contribution in [0.25, 0.3) is 38.8 Å². The van der Waals surface area contributed by atoms with Crippen molar-refractivity contribution in [3.63, 3.8) is 0 Å². The van der Waals surface area contributed by atoms with Crippen molar-refractivity contribution in [1.29, 1.82) is 0 Å². The van der Waals surface area contributed by atoms with Gasteiger partial charge >= 0.3 is 21.1 Å². The molecular formula is C51H55N3O2Pt. The average Bonchev–Trinajstić information content (AvgIpc) is 3.69. The van der Waals surface area contributed by atoms with Crippen LogP contribution in [0.2, 0.25) is 0 Å². The summed E-state index contributed by atoms with van der Waals surface area (Å²) in [5, 5.41) is 2.39. The second kappa shape index (κ2) is 14.0. The van der Waals surface area contributed by atoms with Gasteiger partial charge in [0.1, 0.15) is 18.3 Å². The summed E-state index contributed by atoms with van der Waals surface area (Å²) in [6.45, 7) is 25.3. The minimum absolute atomic E-state index is 0. The molecule has 1 fully saturated rings. The Morgan fingerprint density at radius 3 is 2.21 bits per heavy atom. The summed E-state index contributed by atoms with van der Waals surface area (Å²) in [5.41, 5.74) is 14.5. The SMILES string of the molecule is Cc1cc(C)c(-c2cc(Oc3[c-]c4c(cc3C)c3cc(C(C)(C)C)cc5c3n4-c3ncc(C)cc3C5(C)C)[c-]c(C3=N[C@](C)(C4CCCCC4)CO3)c2)c(C)c1.[Pt+2]. The van der Waals surface area contributed by atoms with Crippen LogP contribution in [-0.4, -0.2) is 27.6 Å². The number of ether oxygens (including phenoxy) is 2. The van der Waals surface area contributed by atoms with Crippen molar-refractivity contribution in [3.8, 4) is 28.4 Å². The topological polar surface area (TPSA) is 48.6 Å². The Labute approximate surface area is 353 Å². The summed E-state index contributed by atoms with van der Waals surface area (Å²) in [5.74, 6) is 3.44. The zero-order valence-electron chi connectivity index (χ0n) is 35.5. The van der Waals surface area contributed by atoms with E-state index in [0.29, 0.717) is 29.9 Å². The van der Waals surface area contributed by atoms with E-state index in [1.54, 1.807) is 0 Å². The van der Waals surface area contributed by atoms with Crippen molar-refractivity contribution < 1.29 is 30.5 Å².